The SMILES string of the molecule is COc1ccc(NCC2CNC2)cc1Cl. The van der Waals surface area contributed by atoms with Gasteiger partial charge in [0.25, 0.3) is 0 Å². The molecule has 2 rings (SSSR count). The molecule has 0 radical (unpaired) electrons. The third kappa shape index (κ3) is 2.55. The van der Waals surface area contributed by atoms with Crippen LogP contribution in [0.5, 0.6) is 5.75 Å². The fourth-order valence-electron chi connectivity index (χ4n) is 1.53. The average molecular weight is 227 g/mol. The van der Waals surface area contributed by atoms with Crippen molar-refractivity contribution in [3.63, 3.8) is 0 Å². The largest absolute Gasteiger partial charge is 0.495 e. The second kappa shape index (κ2) is 4.73. The van der Waals surface area contributed by atoms with Crippen LogP contribution in [-0.2, 0) is 0 Å². The van der Waals surface area contributed by atoms with Gasteiger partial charge in [0.05, 0.1) is 12.1 Å². The zero-order chi connectivity index (χ0) is 10.7. The van der Waals surface area contributed by atoms with Crippen molar-refractivity contribution < 1.29 is 4.74 Å². The van der Waals surface area contributed by atoms with Crippen LogP contribution < -0.4 is 15.4 Å². The maximum Gasteiger partial charge on any atom is 0.137 e. The molecule has 3 nitrogen and oxygen atoms in total. The van der Waals surface area contributed by atoms with Crippen LogP contribution in [0.2, 0.25) is 5.02 Å². The van der Waals surface area contributed by atoms with Crippen LogP contribution in [-0.4, -0.2) is 26.7 Å². The highest BCUT2D eigenvalue weighted by atomic mass is 35.5. The first-order chi connectivity index (χ1) is 7.29. The minimum atomic E-state index is 0.647. The van der Waals surface area contributed by atoms with Gasteiger partial charge in [-0.05, 0) is 18.2 Å². The highest BCUT2D eigenvalue weighted by molar-refractivity contribution is 6.32. The molecular weight excluding hydrogens is 212 g/mol. The summed E-state index contributed by atoms with van der Waals surface area (Å²) < 4.78 is 5.09. The molecule has 4 heteroatoms. The summed E-state index contributed by atoms with van der Waals surface area (Å²) in [5.41, 5.74) is 1.05. The molecule has 0 unspecified atom stereocenters. The van der Waals surface area contributed by atoms with Gasteiger partial charge in [0.1, 0.15) is 5.75 Å². The van der Waals surface area contributed by atoms with Gasteiger partial charge in [-0.2, -0.15) is 0 Å². The molecule has 1 aromatic carbocycles. The molecule has 0 atom stereocenters. The molecule has 1 aliphatic heterocycles. The van der Waals surface area contributed by atoms with E-state index in [4.69, 9.17) is 16.3 Å². The Morgan fingerprint density at radius 3 is 2.87 bits per heavy atom. The van der Waals surface area contributed by atoms with Gasteiger partial charge in [-0.3, -0.25) is 0 Å². The van der Waals surface area contributed by atoms with Crippen molar-refractivity contribution in [3.05, 3.63) is 23.2 Å². The van der Waals surface area contributed by atoms with E-state index in [1.54, 1.807) is 7.11 Å². The van der Waals surface area contributed by atoms with Crippen LogP contribution >= 0.6 is 11.6 Å². The predicted molar refractivity (Wildman–Crippen MR) is 62.9 cm³/mol. The third-order valence-corrected chi connectivity index (χ3v) is 2.91. The Morgan fingerprint density at radius 2 is 2.33 bits per heavy atom. The van der Waals surface area contributed by atoms with Gasteiger partial charge in [0, 0.05) is 31.2 Å². The van der Waals surface area contributed by atoms with Crippen LogP contribution in [0.1, 0.15) is 0 Å². The van der Waals surface area contributed by atoms with E-state index in [0.29, 0.717) is 10.8 Å². The molecule has 1 aromatic rings. The lowest BCUT2D eigenvalue weighted by molar-refractivity contribution is 0.365. The number of anilines is 1. The summed E-state index contributed by atoms with van der Waals surface area (Å²) in [5.74, 6) is 1.46. The van der Waals surface area contributed by atoms with Crippen LogP contribution in [0.4, 0.5) is 5.69 Å². The lowest BCUT2D eigenvalue weighted by atomic mass is 10.0. The summed E-state index contributed by atoms with van der Waals surface area (Å²) in [5, 5.41) is 7.25. The van der Waals surface area contributed by atoms with E-state index in [9.17, 15) is 0 Å². The molecule has 1 saturated heterocycles. The Balaban J connectivity index is 1.93. The molecule has 0 aliphatic carbocycles. The normalized spacial score (nSPS) is 15.9. The van der Waals surface area contributed by atoms with Crippen LogP contribution in [0.15, 0.2) is 18.2 Å². The number of methoxy groups -OCH3 is 1. The fourth-order valence-corrected chi connectivity index (χ4v) is 1.79. The van der Waals surface area contributed by atoms with Crippen LogP contribution in [0.3, 0.4) is 0 Å². The molecule has 0 bridgehead atoms. The summed E-state index contributed by atoms with van der Waals surface area (Å²) >= 11 is 6.02. The Labute approximate surface area is 94.8 Å². The number of halogens is 1. The van der Waals surface area contributed by atoms with Gasteiger partial charge < -0.3 is 15.4 Å². The molecule has 2 N–H and O–H groups in total. The number of benzene rings is 1. The lowest BCUT2D eigenvalue weighted by Gasteiger charge is -2.27. The number of ether oxygens (including phenoxy) is 1. The summed E-state index contributed by atoms with van der Waals surface area (Å²) in [6, 6.07) is 5.76. The lowest BCUT2D eigenvalue weighted by Crippen LogP contribution is -2.45. The van der Waals surface area contributed by atoms with Crippen LogP contribution in [0, 0.1) is 5.92 Å². The van der Waals surface area contributed by atoms with Crippen molar-refractivity contribution >= 4 is 17.3 Å². The Morgan fingerprint density at radius 1 is 1.53 bits per heavy atom. The van der Waals surface area contributed by atoms with E-state index in [-0.39, 0.29) is 0 Å². The Bertz CT molecular complexity index is 339. The zero-order valence-electron chi connectivity index (χ0n) is 8.72. The summed E-state index contributed by atoms with van der Waals surface area (Å²) in [6.45, 7) is 3.21. The van der Waals surface area contributed by atoms with Gasteiger partial charge in [-0.1, -0.05) is 11.6 Å². The van der Waals surface area contributed by atoms with Crippen molar-refractivity contribution in [2.45, 2.75) is 0 Å². The van der Waals surface area contributed by atoms with Crippen molar-refractivity contribution in [1.82, 2.24) is 5.32 Å². The number of nitrogens with one attached hydrogen (secondary N) is 2. The number of hydrogen-bond donors (Lipinski definition) is 2. The summed E-state index contributed by atoms with van der Waals surface area (Å²) in [7, 11) is 1.62. The second-order valence-electron chi connectivity index (χ2n) is 3.75. The Kier molecular flexibility index (Phi) is 3.34. The van der Waals surface area contributed by atoms with Gasteiger partial charge in [-0.25, -0.2) is 0 Å². The molecule has 15 heavy (non-hydrogen) atoms. The predicted octanol–water partition coefficient (Wildman–Crippen LogP) is 1.98. The molecule has 0 aromatic heterocycles. The van der Waals surface area contributed by atoms with Crippen molar-refractivity contribution in [2.24, 2.45) is 5.92 Å². The van der Waals surface area contributed by atoms with Gasteiger partial charge in [-0.15, -0.1) is 0 Å². The molecule has 1 fully saturated rings. The van der Waals surface area contributed by atoms with Crippen molar-refractivity contribution in [3.8, 4) is 5.75 Å². The first-order valence-electron chi connectivity index (χ1n) is 5.07. The molecule has 0 saturated carbocycles. The minimum Gasteiger partial charge on any atom is -0.495 e. The summed E-state index contributed by atoms with van der Waals surface area (Å²) in [6.07, 6.45) is 0. The Hall–Kier alpha value is -0.930. The fraction of sp³-hybridized carbons (Fsp3) is 0.455. The van der Waals surface area contributed by atoms with Crippen molar-refractivity contribution in [1.29, 1.82) is 0 Å². The van der Waals surface area contributed by atoms with E-state index < -0.39 is 0 Å². The van der Waals surface area contributed by atoms with E-state index in [1.807, 2.05) is 18.2 Å². The van der Waals surface area contributed by atoms with Crippen molar-refractivity contribution in [2.75, 3.05) is 32.1 Å². The first-order valence-corrected chi connectivity index (χ1v) is 5.45. The number of rotatable bonds is 4. The molecule has 1 heterocycles. The molecule has 1 aliphatic rings. The zero-order valence-corrected chi connectivity index (χ0v) is 9.47. The standard InChI is InChI=1S/C11H15ClN2O/c1-15-11-3-2-9(4-10(11)12)14-7-8-5-13-6-8/h2-4,8,13-14H,5-7H2,1H3. The monoisotopic (exact) mass is 226 g/mol. The van der Waals surface area contributed by atoms with Gasteiger partial charge in [0.2, 0.25) is 0 Å². The highest BCUT2D eigenvalue weighted by Crippen LogP contribution is 2.27. The molecule has 0 spiro atoms. The average Bonchev–Trinajstić information content (AvgIpc) is 2.16. The molecule has 0 amide bonds. The second-order valence-corrected chi connectivity index (χ2v) is 4.16. The van der Waals surface area contributed by atoms with E-state index in [2.05, 4.69) is 10.6 Å². The van der Waals surface area contributed by atoms with Gasteiger partial charge in [0.15, 0.2) is 0 Å². The van der Waals surface area contributed by atoms with E-state index in [0.717, 1.165) is 31.2 Å². The molecular formula is C11H15ClN2O. The minimum absolute atomic E-state index is 0.647. The number of hydrogen-bond acceptors (Lipinski definition) is 3. The van der Waals surface area contributed by atoms with E-state index in [1.165, 1.54) is 0 Å². The smallest absolute Gasteiger partial charge is 0.137 e. The quantitative estimate of drug-likeness (QED) is 0.824. The van der Waals surface area contributed by atoms with Gasteiger partial charge >= 0.3 is 0 Å². The van der Waals surface area contributed by atoms with Crippen LogP contribution in [0.25, 0.3) is 0 Å². The molecule has 82 valence electrons. The van der Waals surface area contributed by atoms with E-state index >= 15 is 0 Å². The first kappa shape index (κ1) is 10.6. The topological polar surface area (TPSA) is 33.3 Å². The highest BCUT2D eigenvalue weighted by Gasteiger charge is 2.15. The maximum atomic E-state index is 6.02. The third-order valence-electron chi connectivity index (χ3n) is 2.61. The maximum absolute atomic E-state index is 6.02. The summed E-state index contributed by atoms with van der Waals surface area (Å²) in [4.78, 5) is 0.